The third-order valence-electron chi connectivity index (χ3n) is 2.49. The molecule has 0 fully saturated rings. The van der Waals surface area contributed by atoms with Gasteiger partial charge in [-0.3, -0.25) is 0 Å². The summed E-state index contributed by atoms with van der Waals surface area (Å²) in [5.74, 6) is 0. The van der Waals surface area contributed by atoms with E-state index in [4.69, 9.17) is 5.11 Å². The maximum Gasteiger partial charge on any atom is 0.0681 e. The van der Waals surface area contributed by atoms with Gasteiger partial charge in [0.2, 0.25) is 0 Å². The van der Waals surface area contributed by atoms with Crippen LogP contribution in [0.25, 0.3) is 0 Å². The van der Waals surface area contributed by atoms with Crippen LogP contribution in [-0.4, -0.2) is 37.2 Å². The van der Waals surface area contributed by atoms with Crippen molar-refractivity contribution in [2.45, 2.75) is 19.6 Å². The second-order valence-electron chi connectivity index (χ2n) is 4.31. The quantitative estimate of drug-likeness (QED) is 0.681. The number of aliphatic hydroxyl groups excluding tert-OH is 1. The van der Waals surface area contributed by atoms with Gasteiger partial charge in [0.1, 0.15) is 0 Å². The fourth-order valence-corrected chi connectivity index (χ4v) is 1.52. The van der Waals surface area contributed by atoms with Gasteiger partial charge in [-0.1, -0.05) is 24.3 Å². The summed E-state index contributed by atoms with van der Waals surface area (Å²) < 4.78 is 0. The van der Waals surface area contributed by atoms with Crippen LogP contribution in [0, 0.1) is 0 Å². The second-order valence-corrected chi connectivity index (χ2v) is 4.31. The molecule has 0 heterocycles. The Kier molecular flexibility index (Phi) is 6.08. The van der Waals surface area contributed by atoms with Crippen molar-refractivity contribution in [3.8, 4) is 0 Å². The molecule has 1 rings (SSSR count). The molecule has 0 saturated carbocycles. The van der Waals surface area contributed by atoms with E-state index in [1.165, 1.54) is 12.0 Å². The van der Waals surface area contributed by atoms with Crippen LogP contribution in [0.15, 0.2) is 24.3 Å². The van der Waals surface area contributed by atoms with Gasteiger partial charge in [0, 0.05) is 6.54 Å². The molecule has 0 unspecified atom stereocenters. The van der Waals surface area contributed by atoms with Crippen LogP contribution < -0.4 is 5.32 Å². The first kappa shape index (κ1) is 13.2. The molecule has 90 valence electrons. The van der Waals surface area contributed by atoms with E-state index in [-0.39, 0.29) is 6.61 Å². The maximum absolute atomic E-state index is 8.91. The predicted molar refractivity (Wildman–Crippen MR) is 67.2 cm³/mol. The van der Waals surface area contributed by atoms with Crippen molar-refractivity contribution >= 4 is 0 Å². The monoisotopic (exact) mass is 222 g/mol. The van der Waals surface area contributed by atoms with Gasteiger partial charge >= 0.3 is 0 Å². The maximum atomic E-state index is 8.91. The first-order valence-electron chi connectivity index (χ1n) is 5.76. The average molecular weight is 222 g/mol. The van der Waals surface area contributed by atoms with Crippen LogP contribution in [0.3, 0.4) is 0 Å². The molecule has 0 aliphatic rings. The fourth-order valence-electron chi connectivity index (χ4n) is 1.52. The van der Waals surface area contributed by atoms with Crippen molar-refractivity contribution in [3.63, 3.8) is 0 Å². The third kappa shape index (κ3) is 5.26. The van der Waals surface area contributed by atoms with Gasteiger partial charge in [-0.25, -0.2) is 0 Å². The minimum Gasteiger partial charge on any atom is -0.392 e. The second kappa shape index (κ2) is 7.39. The molecule has 0 bridgehead atoms. The van der Waals surface area contributed by atoms with E-state index in [0.717, 1.165) is 25.2 Å². The van der Waals surface area contributed by atoms with Crippen LogP contribution in [0.2, 0.25) is 0 Å². The Balaban J connectivity index is 2.16. The van der Waals surface area contributed by atoms with E-state index in [0.29, 0.717) is 0 Å². The van der Waals surface area contributed by atoms with E-state index in [9.17, 15) is 0 Å². The molecule has 0 atom stereocenters. The van der Waals surface area contributed by atoms with E-state index in [1.54, 1.807) is 0 Å². The lowest BCUT2D eigenvalue weighted by Gasteiger charge is -2.09. The van der Waals surface area contributed by atoms with Crippen molar-refractivity contribution in [1.82, 2.24) is 10.2 Å². The third-order valence-corrected chi connectivity index (χ3v) is 2.49. The van der Waals surface area contributed by atoms with Crippen molar-refractivity contribution < 1.29 is 5.11 Å². The highest BCUT2D eigenvalue weighted by Gasteiger charge is 1.94. The molecule has 1 aromatic carbocycles. The summed E-state index contributed by atoms with van der Waals surface area (Å²) in [5, 5.41) is 12.3. The zero-order valence-electron chi connectivity index (χ0n) is 10.2. The number of hydrogen-bond donors (Lipinski definition) is 2. The average Bonchev–Trinajstić information content (AvgIpc) is 2.29. The lowest BCUT2D eigenvalue weighted by molar-refractivity contribution is 0.282. The Bertz CT molecular complexity index is 282. The molecule has 3 nitrogen and oxygen atoms in total. The number of benzene rings is 1. The van der Waals surface area contributed by atoms with E-state index in [2.05, 4.69) is 36.4 Å². The van der Waals surface area contributed by atoms with Gasteiger partial charge in [0.15, 0.2) is 0 Å². The normalized spacial score (nSPS) is 11.0. The molecule has 0 radical (unpaired) electrons. The first-order valence-corrected chi connectivity index (χ1v) is 5.76. The zero-order valence-corrected chi connectivity index (χ0v) is 10.2. The number of hydrogen-bond acceptors (Lipinski definition) is 3. The largest absolute Gasteiger partial charge is 0.392 e. The molecule has 0 aliphatic carbocycles. The molecule has 2 N–H and O–H groups in total. The molecule has 0 saturated heterocycles. The summed E-state index contributed by atoms with van der Waals surface area (Å²) in [4.78, 5) is 2.19. The minimum atomic E-state index is 0.122. The summed E-state index contributed by atoms with van der Waals surface area (Å²) in [6.07, 6.45) is 1.17. The highest BCUT2D eigenvalue weighted by atomic mass is 16.3. The summed E-state index contributed by atoms with van der Waals surface area (Å²) >= 11 is 0. The van der Waals surface area contributed by atoms with Gasteiger partial charge in [-0.15, -0.1) is 0 Å². The molecule has 0 spiro atoms. The van der Waals surface area contributed by atoms with Gasteiger partial charge in [0.25, 0.3) is 0 Å². The predicted octanol–water partition coefficient (Wildman–Crippen LogP) is 1.22. The lowest BCUT2D eigenvalue weighted by Crippen LogP contribution is -2.20. The van der Waals surface area contributed by atoms with Gasteiger partial charge in [-0.05, 0) is 44.7 Å². The van der Waals surface area contributed by atoms with Crippen LogP contribution in [0.5, 0.6) is 0 Å². The SMILES string of the molecule is CN(C)CCCNCc1ccc(CO)cc1. The first-order chi connectivity index (χ1) is 7.72. The Labute approximate surface area is 98.1 Å². The standard InChI is InChI=1S/C13H22N2O/c1-15(2)9-3-8-14-10-12-4-6-13(11-16)7-5-12/h4-7,14,16H,3,8-11H2,1-2H3. The van der Waals surface area contributed by atoms with Crippen LogP contribution >= 0.6 is 0 Å². The smallest absolute Gasteiger partial charge is 0.0681 e. The van der Waals surface area contributed by atoms with E-state index < -0.39 is 0 Å². The van der Waals surface area contributed by atoms with Crippen LogP contribution in [-0.2, 0) is 13.2 Å². The number of rotatable bonds is 7. The summed E-state index contributed by atoms with van der Waals surface area (Å²) in [7, 11) is 4.18. The molecule has 1 aromatic rings. The highest BCUT2D eigenvalue weighted by Crippen LogP contribution is 2.03. The highest BCUT2D eigenvalue weighted by molar-refractivity contribution is 5.21. The number of aliphatic hydroxyl groups is 1. The molecular formula is C13H22N2O. The summed E-state index contributed by atoms with van der Waals surface area (Å²) in [5.41, 5.74) is 2.23. The Morgan fingerprint density at radius 2 is 1.75 bits per heavy atom. The Hall–Kier alpha value is -0.900. The fraction of sp³-hybridized carbons (Fsp3) is 0.538. The summed E-state index contributed by atoms with van der Waals surface area (Å²) in [6.45, 7) is 3.19. The van der Waals surface area contributed by atoms with Crippen molar-refractivity contribution in [2.75, 3.05) is 27.2 Å². The lowest BCUT2D eigenvalue weighted by atomic mass is 10.1. The number of nitrogens with one attached hydrogen (secondary N) is 1. The van der Waals surface area contributed by atoms with Gasteiger partial charge in [-0.2, -0.15) is 0 Å². The summed E-state index contributed by atoms with van der Waals surface area (Å²) in [6, 6.07) is 8.06. The molecule has 16 heavy (non-hydrogen) atoms. The molecular weight excluding hydrogens is 200 g/mol. The number of nitrogens with zero attached hydrogens (tertiary/aromatic N) is 1. The Morgan fingerprint density at radius 1 is 1.12 bits per heavy atom. The molecule has 0 amide bonds. The van der Waals surface area contributed by atoms with Crippen LogP contribution in [0.1, 0.15) is 17.5 Å². The zero-order chi connectivity index (χ0) is 11.8. The topological polar surface area (TPSA) is 35.5 Å². The van der Waals surface area contributed by atoms with Crippen LogP contribution in [0.4, 0.5) is 0 Å². The Morgan fingerprint density at radius 3 is 2.31 bits per heavy atom. The van der Waals surface area contributed by atoms with Gasteiger partial charge < -0.3 is 15.3 Å². The van der Waals surface area contributed by atoms with Crippen molar-refractivity contribution in [1.29, 1.82) is 0 Å². The van der Waals surface area contributed by atoms with Crippen molar-refractivity contribution in [2.24, 2.45) is 0 Å². The van der Waals surface area contributed by atoms with E-state index in [1.807, 2.05) is 12.1 Å². The molecule has 0 aromatic heterocycles. The molecule has 0 aliphatic heterocycles. The minimum absolute atomic E-state index is 0.122. The van der Waals surface area contributed by atoms with Crippen molar-refractivity contribution in [3.05, 3.63) is 35.4 Å². The van der Waals surface area contributed by atoms with E-state index >= 15 is 0 Å². The molecule has 3 heteroatoms. The van der Waals surface area contributed by atoms with Gasteiger partial charge in [0.05, 0.1) is 6.61 Å².